The lowest BCUT2D eigenvalue weighted by Crippen LogP contribution is -1.86. The topological polar surface area (TPSA) is 25.8 Å². The summed E-state index contributed by atoms with van der Waals surface area (Å²) in [5, 5.41) is 10.7. The zero-order valence-electron chi connectivity index (χ0n) is 10.9. The summed E-state index contributed by atoms with van der Waals surface area (Å²) >= 11 is 6.89. The summed E-state index contributed by atoms with van der Waals surface area (Å²) in [5.41, 5.74) is 2.17. The van der Waals surface area contributed by atoms with Crippen molar-refractivity contribution in [1.82, 2.24) is 9.97 Å². The molecule has 4 aromatic rings. The number of hydrogen-bond donors (Lipinski definition) is 0. The molecule has 104 valence electrons. The van der Waals surface area contributed by atoms with Gasteiger partial charge in [-0.1, -0.05) is 12.1 Å². The Morgan fingerprint density at radius 3 is 1.67 bits per heavy atom. The zero-order chi connectivity index (χ0) is 14.1. The summed E-state index contributed by atoms with van der Waals surface area (Å²) < 4.78 is 0. The van der Waals surface area contributed by atoms with Gasteiger partial charge in [0.1, 0.15) is 10.0 Å². The highest BCUT2D eigenvalue weighted by molar-refractivity contribution is 7.15. The van der Waals surface area contributed by atoms with Crippen molar-refractivity contribution in [2.24, 2.45) is 0 Å². The predicted molar refractivity (Wildman–Crippen MR) is 93.7 cm³/mol. The Hall–Kier alpha value is -1.34. The van der Waals surface area contributed by atoms with E-state index in [1.54, 1.807) is 45.3 Å². The highest BCUT2D eigenvalue weighted by Gasteiger charge is 2.10. The maximum absolute atomic E-state index is 4.72. The molecule has 0 saturated carbocycles. The standard InChI is InChI=1S/C15H10N2S4/c1-3-12(18-5-1)10-8-20-14(16-10)7-15-17-11(9-21-15)13-4-2-6-19-13/h1-6,8-9H,7H2. The van der Waals surface area contributed by atoms with Crippen LogP contribution in [0.4, 0.5) is 0 Å². The lowest BCUT2D eigenvalue weighted by molar-refractivity contribution is 1.11. The summed E-state index contributed by atoms with van der Waals surface area (Å²) in [5.74, 6) is 0. The van der Waals surface area contributed by atoms with Gasteiger partial charge in [-0.2, -0.15) is 0 Å². The van der Waals surface area contributed by atoms with E-state index in [0.29, 0.717) is 0 Å². The molecule has 0 aliphatic carbocycles. The van der Waals surface area contributed by atoms with E-state index in [1.807, 2.05) is 0 Å². The van der Waals surface area contributed by atoms with Crippen molar-refractivity contribution in [3.8, 4) is 21.1 Å². The Labute approximate surface area is 138 Å². The summed E-state index contributed by atoms with van der Waals surface area (Å²) in [6, 6.07) is 8.35. The highest BCUT2D eigenvalue weighted by Crippen LogP contribution is 2.29. The number of hydrogen-bond acceptors (Lipinski definition) is 6. The Morgan fingerprint density at radius 1 is 0.714 bits per heavy atom. The van der Waals surface area contributed by atoms with Crippen LogP contribution in [0.3, 0.4) is 0 Å². The molecular formula is C15H10N2S4. The number of aromatic nitrogens is 2. The summed E-state index contributed by atoms with van der Waals surface area (Å²) in [7, 11) is 0. The zero-order valence-corrected chi connectivity index (χ0v) is 14.1. The predicted octanol–water partition coefficient (Wildman–Crippen LogP) is 5.65. The number of thiazole rings is 2. The number of nitrogens with zero attached hydrogens (tertiary/aromatic N) is 2. The molecule has 0 bridgehead atoms. The van der Waals surface area contributed by atoms with Crippen LogP contribution in [0.25, 0.3) is 21.1 Å². The van der Waals surface area contributed by atoms with E-state index in [0.717, 1.165) is 27.8 Å². The first-order valence-electron chi connectivity index (χ1n) is 6.35. The van der Waals surface area contributed by atoms with Gasteiger partial charge in [0.2, 0.25) is 0 Å². The minimum Gasteiger partial charge on any atom is -0.240 e. The van der Waals surface area contributed by atoms with Crippen LogP contribution in [0.1, 0.15) is 10.0 Å². The largest absolute Gasteiger partial charge is 0.240 e. The van der Waals surface area contributed by atoms with E-state index in [2.05, 4.69) is 45.8 Å². The summed E-state index contributed by atoms with van der Waals surface area (Å²) in [4.78, 5) is 11.9. The van der Waals surface area contributed by atoms with E-state index in [9.17, 15) is 0 Å². The van der Waals surface area contributed by atoms with Gasteiger partial charge in [-0.3, -0.25) is 0 Å². The average Bonchev–Trinajstić information content (AvgIpc) is 3.28. The van der Waals surface area contributed by atoms with Gasteiger partial charge in [-0.25, -0.2) is 9.97 Å². The molecule has 0 amide bonds. The number of rotatable bonds is 4. The Balaban J connectivity index is 1.54. The first kappa shape index (κ1) is 13.3. The van der Waals surface area contributed by atoms with Gasteiger partial charge in [0.05, 0.1) is 27.6 Å². The van der Waals surface area contributed by atoms with E-state index in [4.69, 9.17) is 9.97 Å². The van der Waals surface area contributed by atoms with Crippen LogP contribution >= 0.6 is 45.3 Å². The van der Waals surface area contributed by atoms with Crippen LogP contribution in [-0.4, -0.2) is 9.97 Å². The maximum atomic E-state index is 4.72. The molecule has 6 heteroatoms. The van der Waals surface area contributed by atoms with E-state index < -0.39 is 0 Å². The van der Waals surface area contributed by atoms with Crippen LogP contribution in [0, 0.1) is 0 Å². The molecule has 0 fully saturated rings. The molecule has 21 heavy (non-hydrogen) atoms. The minimum atomic E-state index is 0.825. The van der Waals surface area contributed by atoms with Gasteiger partial charge >= 0.3 is 0 Å². The molecule has 2 nitrogen and oxygen atoms in total. The summed E-state index contributed by atoms with van der Waals surface area (Å²) in [6.07, 6.45) is 0.825. The lowest BCUT2D eigenvalue weighted by Gasteiger charge is -1.91. The average molecular weight is 347 g/mol. The molecular weight excluding hydrogens is 336 g/mol. The van der Waals surface area contributed by atoms with Gasteiger partial charge in [-0.05, 0) is 22.9 Å². The summed E-state index contributed by atoms with van der Waals surface area (Å²) in [6.45, 7) is 0. The van der Waals surface area contributed by atoms with Crippen molar-refractivity contribution in [3.63, 3.8) is 0 Å². The molecule has 0 aliphatic heterocycles. The second-order valence-electron chi connectivity index (χ2n) is 4.38. The fourth-order valence-corrected chi connectivity index (χ4v) is 5.20. The Kier molecular flexibility index (Phi) is 3.69. The molecule has 0 radical (unpaired) electrons. The van der Waals surface area contributed by atoms with Crippen molar-refractivity contribution in [3.05, 3.63) is 55.8 Å². The highest BCUT2D eigenvalue weighted by atomic mass is 32.1. The van der Waals surface area contributed by atoms with Gasteiger partial charge in [-0.15, -0.1) is 45.3 Å². The first-order valence-corrected chi connectivity index (χ1v) is 9.87. The molecule has 0 saturated heterocycles. The third-order valence-corrected chi connectivity index (χ3v) is 6.44. The molecule has 0 spiro atoms. The van der Waals surface area contributed by atoms with Crippen LogP contribution < -0.4 is 0 Å². The van der Waals surface area contributed by atoms with Crippen LogP contribution in [0.2, 0.25) is 0 Å². The van der Waals surface area contributed by atoms with Crippen LogP contribution in [0.15, 0.2) is 45.8 Å². The lowest BCUT2D eigenvalue weighted by atomic mass is 10.4. The molecule has 0 unspecified atom stereocenters. The van der Waals surface area contributed by atoms with Crippen molar-refractivity contribution in [1.29, 1.82) is 0 Å². The van der Waals surface area contributed by atoms with E-state index in [-0.39, 0.29) is 0 Å². The minimum absolute atomic E-state index is 0.825. The van der Waals surface area contributed by atoms with Crippen LogP contribution in [0.5, 0.6) is 0 Å². The number of thiophene rings is 2. The molecule has 0 aromatic carbocycles. The maximum Gasteiger partial charge on any atom is 0.100 e. The monoisotopic (exact) mass is 346 g/mol. The fourth-order valence-electron chi connectivity index (χ4n) is 1.99. The van der Waals surface area contributed by atoms with Crippen molar-refractivity contribution >= 4 is 45.3 Å². The van der Waals surface area contributed by atoms with Crippen molar-refractivity contribution in [2.45, 2.75) is 6.42 Å². The molecule has 0 atom stereocenters. The fraction of sp³-hybridized carbons (Fsp3) is 0.0667. The van der Waals surface area contributed by atoms with Gasteiger partial charge in [0, 0.05) is 10.8 Å². The quantitative estimate of drug-likeness (QED) is 0.477. The molecule has 0 aliphatic rings. The first-order chi connectivity index (χ1) is 10.4. The van der Waals surface area contributed by atoms with Crippen LogP contribution in [-0.2, 0) is 6.42 Å². The molecule has 4 aromatic heterocycles. The Bertz CT molecular complexity index is 754. The van der Waals surface area contributed by atoms with Crippen molar-refractivity contribution in [2.75, 3.05) is 0 Å². The van der Waals surface area contributed by atoms with E-state index >= 15 is 0 Å². The second-order valence-corrected chi connectivity index (χ2v) is 8.17. The Morgan fingerprint density at radius 2 is 1.24 bits per heavy atom. The van der Waals surface area contributed by atoms with Gasteiger partial charge in [0.25, 0.3) is 0 Å². The third kappa shape index (κ3) is 2.85. The molecule has 4 rings (SSSR count). The SMILES string of the molecule is c1csc(-c2csc(Cc3nc(-c4cccs4)cs3)n2)c1. The normalized spacial score (nSPS) is 11.0. The van der Waals surface area contributed by atoms with Gasteiger partial charge < -0.3 is 0 Å². The third-order valence-electron chi connectivity index (χ3n) is 2.95. The van der Waals surface area contributed by atoms with Crippen molar-refractivity contribution < 1.29 is 0 Å². The molecule has 4 heterocycles. The smallest absolute Gasteiger partial charge is 0.100 e. The van der Waals surface area contributed by atoms with E-state index in [1.165, 1.54) is 9.75 Å². The second kappa shape index (κ2) is 5.81. The molecule has 0 N–H and O–H groups in total. The van der Waals surface area contributed by atoms with Gasteiger partial charge in [0.15, 0.2) is 0 Å².